The second-order valence-electron chi connectivity index (χ2n) is 6.31. The molecule has 2 aliphatic rings. The molecule has 0 aromatic rings. The number of methoxy groups -OCH3 is 1. The third-order valence-corrected chi connectivity index (χ3v) is 4.77. The van der Waals surface area contributed by atoms with E-state index in [1.54, 1.807) is 7.11 Å². The van der Waals surface area contributed by atoms with Gasteiger partial charge in [-0.05, 0) is 38.8 Å². The molecule has 2 heterocycles. The topological polar surface area (TPSA) is 36.0 Å². The van der Waals surface area contributed by atoms with E-state index in [-0.39, 0.29) is 6.04 Å². The van der Waals surface area contributed by atoms with E-state index in [0.29, 0.717) is 5.91 Å². The Labute approximate surface area is 134 Å². The molecule has 0 radical (unpaired) electrons. The van der Waals surface area contributed by atoms with Crippen molar-refractivity contribution in [2.45, 2.75) is 31.7 Å². The van der Waals surface area contributed by atoms with E-state index in [2.05, 4.69) is 21.3 Å². The molecule has 5 heteroatoms. The molecule has 0 spiro atoms. The summed E-state index contributed by atoms with van der Waals surface area (Å²) < 4.78 is 5.08. The van der Waals surface area contributed by atoms with Crippen LogP contribution in [0.3, 0.4) is 0 Å². The number of carbonyl (C=O) groups excluding carboxylic acids is 1. The van der Waals surface area contributed by atoms with Crippen LogP contribution >= 0.6 is 0 Å². The molecule has 0 aromatic heterocycles. The van der Waals surface area contributed by atoms with E-state index in [1.165, 1.54) is 6.42 Å². The van der Waals surface area contributed by atoms with Gasteiger partial charge in [-0.25, -0.2) is 0 Å². The standard InChI is InChI=1S/C17H31N3O2/c1-3-8-19-10-6-7-16(19)17(21)20-13-11-18(12-14-20)9-4-5-15-22-2/h3,16H,1,4-15H2,2H3/t16-/m0/s1. The number of piperazine rings is 1. The van der Waals surface area contributed by atoms with Crippen molar-refractivity contribution in [2.75, 3.05) is 59.5 Å². The Morgan fingerprint density at radius 2 is 2.00 bits per heavy atom. The van der Waals surface area contributed by atoms with E-state index in [4.69, 9.17) is 4.74 Å². The molecular formula is C17H31N3O2. The quantitative estimate of drug-likeness (QED) is 0.499. The van der Waals surface area contributed by atoms with Gasteiger partial charge >= 0.3 is 0 Å². The van der Waals surface area contributed by atoms with Crippen LogP contribution in [-0.2, 0) is 9.53 Å². The van der Waals surface area contributed by atoms with E-state index < -0.39 is 0 Å². The Morgan fingerprint density at radius 3 is 2.68 bits per heavy atom. The summed E-state index contributed by atoms with van der Waals surface area (Å²) in [6, 6.07) is 0.0891. The first-order valence-corrected chi connectivity index (χ1v) is 8.61. The number of amides is 1. The molecule has 1 amide bonds. The fraction of sp³-hybridized carbons (Fsp3) is 0.824. The number of nitrogens with zero attached hydrogens (tertiary/aromatic N) is 3. The van der Waals surface area contributed by atoms with Crippen LogP contribution in [0.4, 0.5) is 0 Å². The Kier molecular flexibility index (Phi) is 7.36. The monoisotopic (exact) mass is 309 g/mol. The summed E-state index contributed by atoms with van der Waals surface area (Å²) in [6.07, 6.45) is 6.34. The van der Waals surface area contributed by atoms with Gasteiger partial charge in [0, 0.05) is 46.4 Å². The van der Waals surface area contributed by atoms with Crippen LogP contribution in [0.5, 0.6) is 0 Å². The second-order valence-corrected chi connectivity index (χ2v) is 6.31. The third-order valence-electron chi connectivity index (χ3n) is 4.77. The van der Waals surface area contributed by atoms with Crippen molar-refractivity contribution in [3.8, 4) is 0 Å². The van der Waals surface area contributed by atoms with Crippen LogP contribution in [0, 0.1) is 0 Å². The summed E-state index contributed by atoms with van der Waals surface area (Å²) in [4.78, 5) is 19.5. The van der Waals surface area contributed by atoms with E-state index in [1.807, 2.05) is 6.08 Å². The molecule has 2 aliphatic heterocycles. The minimum absolute atomic E-state index is 0.0891. The largest absolute Gasteiger partial charge is 0.385 e. The maximum Gasteiger partial charge on any atom is 0.240 e. The maximum absolute atomic E-state index is 12.7. The predicted molar refractivity (Wildman–Crippen MR) is 88.9 cm³/mol. The normalized spacial score (nSPS) is 23.9. The lowest BCUT2D eigenvalue weighted by molar-refractivity contribution is -0.137. The highest BCUT2D eigenvalue weighted by Gasteiger charge is 2.33. The summed E-state index contributed by atoms with van der Waals surface area (Å²) in [5.74, 6) is 0.332. The lowest BCUT2D eigenvalue weighted by Crippen LogP contribution is -2.53. The van der Waals surface area contributed by atoms with Crippen LogP contribution in [-0.4, -0.2) is 86.2 Å². The summed E-state index contributed by atoms with van der Waals surface area (Å²) >= 11 is 0. The molecule has 2 fully saturated rings. The van der Waals surface area contributed by atoms with Gasteiger partial charge in [0.15, 0.2) is 0 Å². The first-order valence-electron chi connectivity index (χ1n) is 8.61. The van der Waals surface area contributed by atoms with Crippen molar-refractivity contribution in [1.82, 2.24) is 14.7 Å². The summed E-state index contributed by atoms with van der Waals surface area (Å²) in [6.45, 7) is 11.4. The van der Waals surface area contributed by atoms with Crippen molar-refractivity contribution >= 4 is 5.91 Å². The van der Waals surface area contributed by atoms with Gasteiger partial charge in [-0.1, -0.05) is 6.08 Å². The Morgan fingerprint density at radius 1 is 1.23 bits per heavy atom. The smallest absolute Gasteiger partial charge is 0.240 e. The van der Waals surface area contributed by atoms with Gasteiger partial charge in [-0.15, -0.1) is 6.58 Å². The molecule has 0 bridgehead atoms. The number of unbranched alkanes of at least 4 members (excludes halogenated alkanes) is 1. The molecule has 2 saturated heterocycles. The number of ether oxygens (including phenoxy) is 1. The van der Waals surface area contributed by atoms with Gasteiger partial charge in [-0.3, -0.25) is 14.6 Å². The molecule has 0 aromatic carbocycles. The second kappa shape index (κ2) is 9.28. The minimum Gasteiger partial charge on any atom is -0.385 e. The molecule has 0 N–H and O–H groups in total. The average Bonchev–Trinajstić information content (AvgIpc) is 3.00. The van der Waals surface area contributed by atoms with Crippen LogP contribution < -0.4 is 0 Å². The van der Waals surface area contributed by atoms with E-state index in [9.17, 15) is 4.79 Å². The molecule has 0 unspecified atom stereocenters. The lowest BCUT2D eigenvalue weighted by atomic mass is 10.1. The minimum atomic E-state index is 0.0891. The predicted octanol–water partition coefficient (Wildman–Crippen LogP) is 1.21. The zero-order valence-corrected chi connectivity index (χ0v) is 14.0. The van der Waals surface area contributed by atoms with Gasteiger partial charge in [0.25, 0.3) is 0 Å². The van der Waals surface area contributed by atoms with Crippen LogP contribution in [0.1, 0.15) is 25.7 Å². The van der Waals surface area contributed by atoms with Gasteiger partial charge in [0.2, 0.25) is 5.91 Å². The van der Waals surface area contributed by atoms with Crippen LogP contribution in [0.25, 0.3) is 0 Å². The van der Waals surface area contributed by atoms with Crippen molar-refractivity contribution in [3.63, 3.8) is 0 Å². The zero-order valence-electron chi connectivity index (χ0n) is 14.0. The Balaban J connectivity index is 1.71. The van der Waals surface area contributed by atoms with Gasteiger partial charge in [0.05, 0.1) is 6.04 Å². The van der Waals surface area contributed by atoms with Crippen molar-refractivity contribution in [1.29, 1.82) is 0 Å². The number of rotatable bonds is 8. The molecule has 126 valence electrons. The highest BCUT2D eigenvalue weighted by atomic mass is 16.5. The van der Waals surface area contributed by atoms with Crippen molar-refractivity contribution in [3.05, 3.63) is 12.7 Å². The fourth-order valence-corrected chi connectivity index (χ4v) is 3.47. The molecule has 0 aliphatic carbocycles. The van der Waals surface area contributed by atoms with Crippen molar-refractivity contribution in [2.24, 2.45) is 0 Å². The maximum atomic E-state index is 12.7. The first-order chi connectivity index (χ1) is 10.8. The molecule has 0 saturated carbocycles. The summed E-state index contributed by atoms with van der Waals surface area (Å²) in [5, 5.41) is 0. The Bertz CT molecular complexity index is 354. The van der Waals surface area contributed by atoms with Crippen LogP contribution in [0.15, 0.2) is 12.7 Å². The number of likely N-dealkylation sites (tertiary alicyclic amines) is 1. The summed E-state index contributed by atoms with van der Waals surface area (Å²) in [5.41, 5.74) is 0. The van der Waals surface area contributed by atoms with E-state index in [0.717, 1.165) is 71.7 Å². The molecule has 2 rings (SSSR count). The van der Waals surface area contributed by atoms with Crippen LogP contribution in [0.2, 0.25) is 0 Å². The average molecular weight is 309 g/mol. The lowest BCUT2D eigenvalue weighted by Gasteiger charge is -2.37. The Hall–Kier alpha value is -0.910. The fourth-order valence-electron chi connectivity index (χ4n) is 3.47. The SMILES string of the molecule is C=CCN1CCC[C@H]1C(=O)N1CCN(CCCCOC)CC1. The first kappa shape index (κ1) is 17.4. The molecule has 1 atom stereocenters. The highest BCUT2D eigenvalue weighted by Crippen LogP contribution is 2.20. The van der Waals surface area contributed by atoms with E-state index >= 15 is 0 Å². The number of hydrogen-bond donors (Lipinski definition) is 0. The van der Waals surface area contributed by atoms with Gasteiger partial charge in [-0.2, -0.15) is 0 Å². The summed E-state index contributed by atoms with van der Waals surface area (Å²) in [7, 11) is 1.75. The number of carbonyl (C=O) groups is 1. The molecular weight excluding hydrogens is 278 g/mol. The zero-order chi connectivity index (χ0) is 15.8. The van der Waals surface area contributed by atoms with Crippen molar-refractivity contribution < 1.29 is 9.53 Å². The molecule has 22 heavy (non-hydrogen) atoms. The highest BCUT2D eigenvalue weighted by molar-refractivity contribution is 5.82. The third kappa shape index (κ3) is 4.80. The van der Waals surface area contributed by atoms with Gasteiger partial charge in [0.1, 0.15) is 0 Å². The molecule has 5 nitrogen and oxygen atoms in total. The number of hydrogen-bond acceptors (Lipinski definition) is 4. The van der Waals surface area contributed by atoms with Gasteiger partial charge < -0.3 is 9.64 Å².